The molecule has 0 fully saturated rings. The van der Waals surface area contributed by atoms with Gasteiger partial charge in [0.15, 0.2) is 12.4 Å². The Bertz CT molecular complexity index is 1290. The molecule has 7 nitrogen and oxygen atoms in total. The molecule has 0 spiro atoms. The Hall–Kier alpha value is -3.71. The maximum Gasteiger partial charge on any atom is 0.331 e. The van der Waals surface area contributed by atoms with Gasteiger partial charge in [0.05, 0.1) is 12.2 Å². The third-order valence-corrected chi connectivity index (χ3v) is 6.02. The zero-order chi connectivity index (χ0) is 24.2. The lowest BCUT2D eigenvalue weighted by molar-refractivity contribution is -0.136. The smallest absolute Gasteiger partial charge is 0.331 e. The molecule has 2 heterocycles. The number of amides is 1. The highest BCUT2D eigenvalue weighted by Crippen LogP contribution is 2.24. The molecule has 0 bridgehead atoms. The number of rotatable bonds is 7. The molecule has 174 valence electrons. The lowest BCUT2D eigenvalue weighted by Gasteiger charge is -2.17. The van der Waals surface area contributed by atoms with Gasteiger partial charge in [0, 0.05) is 29.3 Å². The number of halogens is 1. The second-order valence-electron chi connectivity index (χ2n) is 8.22. The van der Waals surface area contributed by atoms with Crippen molar-refractivity contribution < 1.29 is 19.1 Å². The number of fused-ring (bicyclic) bond motifs is 1. The molecule has 4 rings (SSSR count). The molecule has 1 amide bonds. The molecule has 2 aromatic carbocycles. The van der Waals surface area contributed by atoms with Crippen molar-refractivity contribution >= 4 is 41.0 Å². The number of hydrogen-bond acceptors (Lipinski definition) is 5. The fourth-order valence-corrected chi connectivity index (χ4v) is 4.00. The number of nitrogens with one attached hydrogen (secondary N) is 1. The van der Waals surface area contributed by atoms with Gasteiger partial charge in [-0.2, -0.15) is 5.10 Å². The Morgan fingerprint density at radius 2 is 1.91 bits per heavy atom. The van der Waals surface area contributed by atoms with Crippen molar-refractivity contribution in [1.82, 2.24) is 9.78 Å². The number of anilines is 1. The van der Waals surface area contributed by atoms with Crippen molar-refractivity contribution in [2.75, 3.05) is 11.9 Å². The van der Waals surface area contributed by atoms with Crippen LogP contribution in [0.4, 0.5) is 5.69 Å². The van der Waals surface area contributed by atoms with Gasteiger partial charge >= 0.3 is 5.97 Å². The number of esters is 1. The normalized spacial score (nSPS) is 13.0. The average molecular weight is 478 g/mol. The van der Waals surface area contributed by atoms with E-state index in [4.69, 9.17) is 16.3 Å². The minimum atomic E-state index is -0.652. The van der Waals surface area contributed by atoms with Gasteiger partial charge in [-0.3, -0.25) is 9.59 Å². The molecule has 0 aliphatic carbocycles. The van der Waals surface area contributed by atoms with Crippen molar-refractivity contribution in [1.29, 1.82) is 0 Å². The van der Waals surface area contributed by atoms with Crippen molar-refractivity contribution in [2.45, 2.75) is 33.2 Å². The van der Waals surface area contributed by atoms with E-state index in [2.05, 4.69) is 10.4 Å². The molecule has 1 aromatic heterocycles. The quantitative estimate of drug-likeness (QED) is 0.307. The molecule has 8 heteroatoms. The molecular formula is C26H24ClN3O4. The zero-order valence-corrected chi connectivity index (χ0v) is 19.7. The van der Waals surface area contributed by atoms with E-state index in [1.165, 1.54) is 11.6 Å². The van der Waals surface area contributed by atoms with Gasteiger partial charge < -0.3 is 10.1 Å². The molecule has 1 N–H and O–H groups in total. The molecule has 1 aliphatic rings. The third kappa shape index (κ3) is 5.43. The summed E-state index contributed by atoms with van der Waals surface area (Å²) in [7, 11) is 0. The Kier molecular flexibility index (Phi) is 6.93. The molecular weight excluding hydrogens is 454 g/mol. The Morgan fingerprint density at radius 3 is 2.68 bits per heavy atom. The van der Waals surface area contributed by atoms with Gasteiger partial charge in [-0.05, 0) is 55.7 Å². The van der Waals surface area contributed by atoms with Crippen LogP contribution in [0.2, 0.25) is 5.15 Å². The highest BCUT2D eigenvalue weighted by molar-refractivity contribution is 6.31. The van der Waals surface area contributed by atoms with Crippen molar-refractivity contribution in [2.24, 2.45) is 0 Å². The first kappa shape index (κ1) is 23.4. The number of ether oxygens (including phenoxy) is 1. The van der Waals surface area contributed by atoms with Crippen molar-refractivity contribution in [3.05, 3.63) is 87.2 Å². The summed E-state index contributed by atoms with van der Waals surface area (Å²) in [4.78, 5) is 36.1. The van der Waals surface area contributed by atoms with Gasteiger partial charge in [-0.1, -0.05) is 41.4 Å². The summed E-state index contributed by atoms with van der Waals surface area (Å²) in [5.41, 5.74) is 5.57. The first-order valence-electron chi connectivity index (χ1n) is 10.9. The molecule has 0 saturated heterocycles. The summed E-state index contributed by atoms with van der Waals surface area (Å²) in [5.74, 6) is -1.01. The van der Waals surface area contributed by atoms with Crippen LogP contribution in [0.1, 0.15) is 44.7 Å². The van der Waals surface area contributed by atoms with E-state index in [-0.39, 0.29) is 18.3 Å². The standard InChI is InChI=1S/C26H24ClN3O4/c1-16-3-5-18(6-4-16)14-30-26(27)21(17(2)29-30)9-12-25(33)34-15-23(31)20-7-10-22-19(13-20)8-11-24(32)28-22/h3-7,9-10,12-13H,8,11,14-15H2,1-2H3,(H,28,32)/b12-9+. The van der Waals surface area contributed by atoms with Crippen molar-refractivity contribution in [3.63, 3.8) is 0 Å². The summed E-state index contributed by atoms with van der Waals surface area (Å²) in [5, 5.41) is 7.65. The van der Waals surface area contributed by atoms with Crippen LogP contribution in [0.3, 0.4) is 0 Å². The van der Waals surface area contributed by atoms with E-state index in [0.717, 1.165) is 11.1 Å². The number of nitrogens with zero attached hydrogens (tertiary/aromatic N) is 2. The monoisotopic (exact) mass is 477 g/mol. The van der Waals surface area contributed by atoms with Gasteiger partial charge in [0.1, 0.15) is 5.15 Å². The van der Waals surface area contributed by atoms with E-state index in [9.17, 15) is 14.4 Å². The summed E-state index contributed by atoms with van der Waals surface area (Å²) in [6.07, 6.45) is 3.74. The Morgan fingerprint density at radius 1 is 1.15 bits per heavy atom. The van der Waals surface area contributed by atoms with Gasteiger partial charge in [-0.15, -0.1) is 0 Å². The first-order valence-corrected chi connectivity index (χ1v) is 11.3. The van der Waals surface area contributed by atoms with Crippen LogP contribution < -0.4 is 5.32 Å². The summed E-state index contributed by atoms with van der Waals surface area (Å²) in [6, 6.07) is 13.1. The minimum absolute atomic E-state index is 0.0386. The third-order valence-electron chi connectivity index (χ3n) is 5.62. The van der Waals surface area contributed by atoms with Crippen LogP contribution in [0.5, 0.6) is 0 Å². The number of Topliss-reactive ketones (excluding diaryl/α,β-unsaturated/α-hetero) is 1. The fourth-order valence-electron chi connectivity index (χ4n) is 3.70. The number of carbonyl (C=O) groups excluding carboxylic acids is 3. The molecule has 0 radical (unpaired) electrons. The average Bonchev–Trinajstić information content (AvgIpc) is 3.09. The predicted octanol–water partition coefficient (Wildman–Crippen LogP) is 4.53. The van der Waals surface area contributed by atoms with Crippen LogP contribution in [0, 0.1) is 13.8 Å². The van der Waals surface area contributed by atoms with Crippen molar-refractivity contribution in [3.8, 4) is 0 Å². The molecule has 0 atom stereocenters. The van der Waals surface area contributed by atoms with Gasteiger partial charge in [0.25, 0.3) is 0 Å². The molecule has 1 aliphatic heterocycles. The van der Waals surface area contributed by atoms with Gasteiger partial charge in [-0.25, -0.2) is 9.48 Å². The van der Waals surface area contributed by atoms with E-state index in [1.54, 1.807) is 29.0 Å². The first-order chi connectivity index (χ1) is 16.3. The summed E-state index contributed by atoms with van der Waals surface area (Å²) < 4.78 is 6.79. The minimum Gasteiger partial charge on any atom is -0.454 e. The van der Waals surface area contributed by atoms with Crippen LogP contribution >= 0.6 is 11.6 Å². The highest BCUT2D eigenvalue weighted by atomic mass is 35.5. The second-order valence-corrected chi connectivity index (χ2v) is 8.58. The number of ketones is 1. The maximum atomic E-state index is 12.5. The Balaban J connectivity index is 1.36. The zero-order valence-electron chi connectivity index (χ0n) is 18.9. The fraction of sp³-hybridized carbons (Fsp3) is 0.231. The lowest BCUT2D eigenvalue weighted by atomic mass is 9.99. The van der Waals surface area contributed by atoms with Crippen LogP contribution in [0.25, 0.3) is 6.08 Å². The van der Waals surface area contributed by atoms with E-state index in [0.29, 0.717) is 47.0 Å². The number of carbonyl (C=O) groups is 3. The van der Waals surface area contributed by atoms with E-state index < -0.39 is 5.97 Å². The topological polar surface area (TPSA) is 90.3 Å². The van der Waals surface area contributed by atoms with Crippen LogP contribution in [-0.2, 0) is 27.3 Å². The number of aryl methyl sites for hydroxylation is 3. The molecule has 0 saturated carbocycles. The number of aromatic nitrogens is 2. The maximum absolute atomic E-state index is 12.5. The highest BCUT2D eigenvalue weighted by Gasteiger charge is 2.17. The summed E-state index contributed by atoms with van der Waals surface area (Å²) in [6.45, 7) is 3.97. The largest absolute Gasteiger partial charge is 0.454 e. The van der Waals surface area contributed by atoms with Crippen LogP contribution in [-0.4, -0.2) is 34.0 Å². The SMILES string of the molecule is Cc1ccc(Cn2nc(C)c(/C=C/C(=O)OCC(=O)c3ccc4c(c3)CCC(=O)N4)c2Cl)cc1. The van der Waals surface area contributed by atoms with E-state index >= 15 is 0 Å². The van der Waals surface area contributed by atoms with Crippen LogP contribution in [0.15, 0.2) is 48.5 Å². The molecule has 3 aromatic rings. The number of benzene rings is 2. The molecule has 0 unspecified atom stereocenters. The second kappa shape index (κ2) is 10.1. The van der Waals surface area contributed by atoms with E-state index in [1.807, 2.05) is 38.1 Å². The Labute approximate surface area is 202 Å². The number of hydrogen-bond donors (Lipinski definition) is 1. The summed E-state index contributed by atoms with van der Waals surface area (Å²) >= 11 is 6.49. The van der Waals surface area contributed by atoms with Gasteiger partial charge in [0.2, 0.25) is 5.91 Å². The lowest BCUT2D eigenvalue weighted by Crippen LogP contribution is -2.20. The predicted molar refractivity (Wildman–Crippen MR) is 130 cm³/mol. The molecule has 34 heavy (non-hydrogen) atoms.